The number of rotatable bonds is 1. The standard InChI is InChI=1S/C6H6ClN3/c7-4-1-2-5(8)6(3-4)10-9/h1-3,9H,8H2. The summed E-state index contributed by atoms with van der Waals surface area (Å²) in [5.41, 5.74) is 13.0. The van der Waals surface area contributed by atoms with Crippen molar-refractivity contribution in [3.05, 3.63) is 23.2 Å². The van der Waals surface area contributed by atoms with Crippen molar-refractivity contribution in [3.63, 3.8) is 0 Å². The van der Waals surface area contributed by atoms with Gasteiger partial charge in [-0.15, -0.1) is 0 Å². The van der Waals surface area contributed by atoms with Crippen molar-refractivity contribution >= 4 is 23.0 Å². The first-order valence-corrected chi connectivity index (χ1v) is 3.04. The number of anilines is 1. The van der Waals surface area contributed by atoms with E-state index in [1.165, 1.54) is 0 Å². The maximum Gasteiger partial charge on any atom is 0.109 e. The van der Waals surface area contributed by atoms with Gasteiger partial charge in [-0.25, -0.2) is 5.53 Å². The van der Waals surface area contributed by atoms with E-state index in [0.29, 0.717) is 16.4 Å². The molecule has 0 aliphatic heterocycles. The zero-order valence-electron chi connectivity index (χ0n) is 5.13. The summed E-state index contributed by atoms with van der Waals surface area (Å²) in [6.45, 7) is 0. The molecular formula is C6H6ClN3. The van der Waals surface area contributed by atoms with Gasteiger partial charge in [0.15, 0.2) is 0 Å². The minimum Gasteiger partial charge on any atom is -0.397 e. The quantitative estimate of drug-likeness (QED) is 0.475. The molecule has 3 N–H and O–H groups in total. The highest BCUT2D eigenvalue weighted by molar-refractivity contribution is 6.31. The van der Waals surface area contributed by atoms with Crippen molar-refractivity contribution in [1.29, 1.82) is 5.53 Å². The molecule has 0 radical (unpaired) electrons. The molecule has 0 spiro atoms. The summed E-state index contributed by atoms with van der Waals surface area (Å²) in [6, 6.07) is 4.82. The number of nitrogens with one attached hydrogen (secondary N) is 1. The van der Waals surface area contributed by atoms with Crippen LogP contribution in [0.3, 0.4) is 0 Å². The predicted molar refractivity (Wildman–Crippen MR) is 40.7 cm³/mol. The fourth-order valence-electron chi connectivity index (χ4n) is 0.614. The zero-order valence-corrected chi connectivity index (χ0v) is 5.89. The van der Waals surface area contributed by atoms with E-state index < -0.39 is 0 Å². The summed E-state index contributed by atoms with van der Waals surface area (Å²) in [5, 5.41) is 3.71. The summed E-state index contributed by atoms with van der Waals surface area (Å²) in [7, 11) is 0. The highest BCUT2D eigenvalue weighted by Crippen LogP contribution is 2.24. The van der Waals surface area contributed by atoms with Crippen molar-refractivity contribution < 1.29 is 0 Å². The largest absolute Gasteiger partial charge is 0.397 e. The second kappa shape index (κ2) is 2.66. The Morgan fingerprint density at radius 3 is 2.70 bits per heavy atom. The van der Waals surface area contributed by atoms with Gasteiger partial charge in [0.25, 0.3) is 0 Å². The van der Waals surface area contributed by atoms with Crippen molar-refractivity contribution in [2.45, 2.75) is 0 Å². The van der Waals surface area contributed by atoms with Crippen molar-refractivity contribution in [1.82, 2.24) is 0 Å². The lowest BCUT2D eigenvalue weighted by molar-refractivity contribution is 1.15. The van der Waals surface area contributed by atoms with E-state index in [1.807, 2.05) is 0 Å². The summed E-state index contributed by atoms with van der Waals surface area (Å²) in [6.07, 6.45) is 0. The molecule has 0 aliphatic rings. The molecule has 3 nitrogen and oxygen atoms in total. The molecule has 0 aromatic heterocycles. The lowest BCUT2D eigenvalue weighted by atomic mass is 10.3. The van der Waals surface area contributed by atoms with Gasteiger partial charge in [0, 0.05) is 5.02 Å². The van der Waals surface area contributed by atoms with Crippen LogP contribution in [-0.4, -0.2) is 0 Å². The number of benzene rings is 1. The number of nitrogen functional groups attached to an aromatic ring is 1. The Morgan fingerprint density at radius 1 is 1.50 bits per heavy atom. The fourth-order valence-corrected chi connectivity index (χ4v) is 0.780. The maximum absolute atomic E-state index is 6.67. The summed E-state index contributed by atoms with van der Waals surface area (Å²) in [4.78, 5) is 0. The van der Waals surface area contributed by atoms with Gasteiger partial charge in [-0.3, -0.25) is 0 Å². The molecule has 0 heterocycles. The van der Waals surface area contributed by atoms with Gasteiger partial charge in [0.1, 0.15) is 5.69 Å². The van der Waals surface area contributed by atoms with Crippen LogP contribution in [0.1, 0.15) is 0 Å². The van der Waals surface area contributed by atoms with Crippen LogP contribution in [0, 0.1) is 5.53 Å². The monoisotopic (exact) mass is 155 g/mol. The lowest BCUT2D eigenvalue weighted by Gasteiger charge is -1.96. The fraction of sp³-hybridized carbons (Fsp3) is 0. The molecule has 0 aliphatic carbocycles. The normalized spacial score (nSPS) is 9.30. The minimum absolute atomic E-state index is 0.410. The molecule has 1 rings (SSSR count). The number of hydrogen-bond acceptors (Lipinski definition) is 3. The number of hydrogen-bond donors (Lipinski definition) is 2. The molecule has 0 saturated heterocycles. The zero-order chi connectivity index (χ0) is 7.56. The van der Waals surface area contributed by atoms with Crippen LogP contribution in [0.5, 0.6) is 0 Å². The maximum atomic E-state index is 6.67. The van der Waals surface area contributed by atoms with Crippen LogP contribution >= 0.6 is 11.6 Å². The van der Waals surface area contributed by atoms with Crippen molar-refractivity contribution in [2.75, 3.05) is 5.73 Å². The molecule has 4 heteroatoms. The number of nitrogens with zero attached hydrogens (tertiary/aromatic N) is 1. The van der Waals surface area contributed by atoms with Gasteiger partial charge in [0.05, 0.1) is 5.69 Å². The van der Waals surface area contributed by atoms with E-state index in [0.717, 1.165) is 0 Å². The summed E-state index contributed by atoms with van der Waals surface area (Å²) >= 11 is 5.60. The highest BCUT2D eigenvalue weighted by atomic mass is 35.5. The number of halogens is 1. The van der Waals surface area contributed by atoms with E-state index in [2.05, 4.69) is 5.11 Å². The van der Waals surface area contributed by atoms with Crippen LogP contribution in [0.2, 0.25) is 5.02 Å². The van der Waals surface area contributed by atoms with Crippen LogP contribution in [-0.2, 0) is 0 Å². The third kappa shape index (κ3) is 1.25. The molecular weight excluding hydrogens is 150 g/mol. The SMILES string of the molecule is N=Nc1cc(Cl)ccc1N. The van der Waals surface area contributed by atoms with E-state index in [1.54, 1.807) is 18.2 Å². The topological polar surface area (TPSA) is 62.2 Å². The molecule has 52 valence electrons. The van der Waals surface area contributed by atoms with Crippen LogP contribution in [0.4, 0.5) is 11.4 Å². The molecule has 0 unspecified atom stereocenters. The average molecular weight is 156 g/mol. The van der Waals surface area contributed by atoms with E-state index in [9.17, 15) is 0 Å². The Kier molecular flexibility index (Phi) is 1.87. The minimum atomic E-state index is 0.410. The Balaban J connectivity index is 3.21. The van der Waals surface area contributed by atoms with Gasteiger partial charge in [-0.1, -0.05) is 11.6 Å². The first-order chi connectivity index (χ1) is 4.74. The Hall–Kier alpha value is -1.09. The van der Waals surface area contributed by atoms with Crippen LogP contribution in [0.25, 0.3) is 0 Å². The first kappa shape index (κ1) is 7.02. The lowest BCUT2D eigenvalue weighted by Crippen LogP contribution is -1.83. The molecule has 0 amide bonds. The molecule has 0 saturated carbocycles. The molecule has 0 fully saturated rings. The van der Waals surface area contributed by atoms with E-state index in [4.69, 9.17) is 22.9 Å². The third-order valence-electron chi connectivity index (χ3n) is 1.11. The summed E-state index contributed by atoms with van der Waals surface area (Å²) < 4.78 is 0. The first-order valence-electron chi connectivity index (χ1n) is 2.66. The highest BCUT2D eigenvalue weighted by Gasteiger charge is 1.95. The number of nitrogens with two attached hydrogens (primary N) is 1. The van der Waals surface area contributed by atoms with E-state index in [-0.39, 0.29) is 0 Å². The Morgan fingerprint density at radius 2 is 2.20 bits per heavy atom. The molecule has 1 aromatic rings. The van der Waals surface area contributed by atoms with Gasteiger partial charge in [0.2, 0.25) is 0 Å². The van der Waals surface area contributed by atoms with Gasteiger partial charge in [-0.05, 0) is 18.2 Å². The van der Waals surface area contributed by atoms with Crippen LogP contribution < -0.4 is 5.73 Å². The summed E-state index contributed by atoms with van der Waals surface area (Å²) in [5.74, 6) is 0. The second-order valence-corrected chi connectivity index (χ2v) is 2.25. The van der Waals surface area contributed by atoms with Crippen LogP contribution in [0.15, 0.2) is 23.3 Å². The Bertz CT molecular complexity index is 259. The second-order valence-electron chi connectivity index (χ2n) is 1.81. The van der Waals surface area contributed by atoms with Crippen molar-refractivity contribution in [3.8, 4) is 0 Å². The molecule has 0 atom stereocenters. The Labute approximate surface area is 63.3 Å². The van der Waals surface area contributed by atoms with Gasteiger partial charge >= 0.3 is 0 Å². The average Bonchev–Trinajstić information content (AvgIpc) is 1.94. The van der Waals surface area contributed by atoms with Crippen molar-refractivity contribution in [2.24, 2.45) is 5.11 Å². The molecule has 10 heavy (non-hydrogen) atoms. The van der Waals surface area contributed by atoms with E-state index >= 15 is 0 Å². The third-order valence-corrected chi connectivity index (χ3v) is 1.35. The van der Waals surface area contributed by atoms with Gasteiger partial charge < -0.3 is 5.73 Å². The van der Waals surface area contributed by atoms with Gasteiger partial charge in [-0.2, -0.15) is 5.11 Å². The predicted octanol–water partition coefficient (Wildman–Crippen LogP) is 2.58. The smallest absolute Gasteiger partial charge is 0.109 e. The molecule has 1 aromatic carbocycles. The molecule has 0 bridgehead atoms.